The number of nitrogens with zero attached hydrogens (tertiary/aromatic N) is 1. The number of halogens is 3. The van der Waals surface area contributed by atoms with Gasteiger partial charge in [-0.2, -0.15) is 0 Å². The van der Waals surface area contributed by atoms with Crippen LogP contribution in [0.3, 0.4) is 0 Å². The van der Waals surface area contributed by atoms with Crippen molar-refractivity contribution >= 4 is 17.6 Å². The third kappa shape index (κ3) is 2.27. The van der Waals surface area contributed by atoms with E-state index in [4.69, 9.17) is 0 Å². The van der Waals surface area contributed by atoms with E-state index in [1.54, 1.807) is 6.07 Å². The molecule has 0 atom stereocenters. The van der Waals surface area contributed by atoms with E-state index in [-0.39, 0.29) is 0 Å². The van der Waals surface area contributed by atoms with E-state index in [0.29, 0.717) is 12.1 Å². The van der Waals surface area contributed by atoms with Crippen molar-refractivity contribution < 1.29 is 13.2 Å². The molecule has 0 saturated carbocycles. The third-order valence-electron chi connectivity index (χ3n) is 3.19. The van der Waals surface area contributed by atoms with Crippen LogP contribution in [0.1, 0.15) is 11.1 Å². The Balaban J connectivity index is 1.98. The summed E-state index contributed by atoms with van der Waals surface area (Å²) in [6.07, 6.45) is 2.30. The molecule has 0 spiro atoms. The number of aliphatic imine (C=N–C) groups is 1. The van der Waals surface area contributed by atoms with Gasteiger partial charge < -0.3 is 5.32 Å². The van der Waals surface area contributed by atoms with Crippen LogP contribution < -0.4 is 5.32 Å². The highest BCUT2D eigenvalue weighted by molar-refractivity contribution is 5.91. The summed E-state index contributed by atoms with van der Waals surface area (Å²) in [4.78, 5) is 3.81. The van der Waals surface area contributed by atoms with E-state index in [9.17, 15) is 13.2 Å². The second-order valence-electron chi connectivity index (χ2n) is 4.53. The molecule has 5 heteroatoms. The lowest BCUT2D eigenvalue weighted by atomic mass is 10.1. The lowest BCUT2D eigenvalue weighted by Gasteiger charge is -2.04. The Kier molecular flexibility index (Phi) is 3.18. The molecule has 3 rings (SSSR count). The van der Waals surface area contributed by atoms with Crippen molar-refractivity contribution in [1.29, 1.82) is 0 Å². The van der Waals surface area contributed by atoms with Crippen molar-refractivity contribution in [3.8, 4) is 0 Å². The maximum Gasteiger partial charge on any atom is 0.154 e. The van der Waals surface area contributed by atoms with Crippen molar-refractivity contribution in [3.05, 3.63) is 58.9 Å². The SMILES string of the molecule is Fc1cc(F)c(N=Cc2cccc3c2NCC3)c(F)c1. The van der Waals surface area contributed by atoms with Gasteiger partial charge in [0, 0.05) is 36.1 Å². The second kappa shape index (κ2) is 5.00. The second-order valence-corrected chi connectivity index (χ2v) is 4.53. The van der Waals surface area contributed by atoms with Crippen LogP contribution in [-0.4, -0.2) is 12.8 Å². The number of nitrogens with one attached hydrogen (secondary N) is 1. The van der Waals surface area contributed by atoms with Crippen LogP contribution in [0, 0.1) is 17.5 Å². The molecule has 2 aromatic carbocycles. The van der Waals surface area contributed by atoms with Gasteiger partial charge in [-0.3, -0.25) is 0 Å². The zero-order valence-corrected chi connectivity index (χ0v) is 10.5. The molecule has 0 amide bonds. The van der Waals surface area contributed by atoms with Crippen LogP contribution in [0.4, 0.5) is 24.5 Å². The molecule has 102 valence electrons. The topological polar surface area (TPSA) is 24.4 Å². The summed E-state index contributed by atoms with van der Waals surface area (Å²) in [5.41, 5.74) is 2.35. The predicted molar refractivity (Wildman–Crippen MR) is 72.2 cm³/mol. The molecule has 0 bridgehead atoms. The molecule has 0 unspecified atom stereocenters. The van der Waals surface area contributed by atoms with Gasteiger partial charge in [-0.15, -0.1) is 0 Å². The van der Waals surface area contributed by atoms with Gasteiger partial charge >= 0.3 is 0 Å². The van der Waals surface area contributed by atoms with Crippen molar-refractivity contribution in [1.82, 2.24) is 0 Å². The quantitative estimate of drug-likeness (QED) is 0.828. The van der Waals surface area contributed by atoms with Gasteiger partial charge in [0.15, 0.2) is 11.6 Å². The van der Waals surface area contributed by atoms with Gasteiger partial charge in [-0.25, -0.2) is 18.2 Å². The van der Waals surface area contributed by atoms with E-state index in [2.05, 4.69) is 10.3 Å². The average Bonchev–Trinajstić information content (AvgIpc) is 2.86. The molecule has 20 heavy (non-hydrogen) atoms. The first-order chi connectivity index (χ1) is 9.65. The largest absolute Gasteiger partial charge is 0.384 e. The average molecular weight is 276 g/mol. The van der Waals surface area contributed by atoms with Crippen molar-refractivity contribution in [2.24, 2.45) is 4.99 Å². The Morgan fingerprint density at radius 2 is 1.85 bits per heavy atom. The number of hydrogen-bond donors (Lipinski definition) is 1. The van der Waals surface area contributed by atoms with Crippen LogP contribution >= 0.6 is 0 Å². The maximum absolute atomic E-state index is 13.5. The number of anilines is 1. The zero-order valence-electron chi connectivity index (χ0n) is 10.5. The molecule has 1 N–H and O–H groups in total. The van der Waals surface area contributed by atoms with E-state index >= 15 is 0 Å². The lowest BCUT2D eigenvalue weighted by Crippen LogP contribution is -1.95. The number of hydrogen-bond acceptors (Lipinski definition) is 2. The Morgan fingerprint density at radius 3 is 2.60 bits per heavy atom. The molecule has 1 heterocycles. The molecular formula is C15H11F3N2. The molecule has 1 aliphatic heterocycles. The lowest BCUT2D eigenvalue weighted by molar-refractivity contribution is 0.547. The molecule has 0 saturated heterocycles. The van der Waals surface area contributed by atoms with E-state index in [0.717, 1.165) is 29.8 Å². The summed E-state index contributed by atoms with van der Waals surface area (Å²) in [5.74, 6) is -2.99. The van der Waals surface area contributed by atoms with E-state index < -0.39 is 23.1 Å². The van der Waals surface area contributed by atoms with Crippen LogP contribution in [0.5, 0.6) is 0 Å². The van der Waals surface area contributed by atoms with E-state index in [1.807, 2.05) is 12.1 Å². The fraction of sp³-hybridized carbons (Fsp3) is 0.133. The Labute approximate surface area is 114 Å². The molecule has 0 fully saturated rings. The minimum atomic E-state index is -1.01. The van der Waals surface area contributed by atoms with Crippen LogP contribution in [-0.2, 0) is 6.42 Å². The van der Waals surface area contributed by atoms with Gasteiger partial charge in [-0.1, -0.05) is 18.2 Å². The minimum absolute atomic E-state index is 0.484. The van der Waals surface area contributed by atoms with Crippen LogP contribution in [0.2, 0.25) is 0 Å². The Hall–Kier alpha value is -2.30. The smallest absolute Gasteiger partial charge is 0.154 e. The maximum atomic E-state index is 13.5. The molecule has 0 aliphatic carbocycles. The molecular weight excluding hydrogens is 265 g/mol. The van der Waals surface area contributed by atoms with Crippen molar-refractivity contribution in [2.45, 2.75) is 6.42 Å². The third-order valence-corrected chi connectivity index (χ3v) is 3.19. The summed E-state index contributed by atoms with van der Waals surface area (Å²) in [7, 11) is 0. The monoisotopic (exact) mass is 276 g/mol. The van der Waals surface area contributed by atoms with Gasteiger partial charge in [0.2, 0.25) is 0 Å². The summed E-state index contributed by atoms with van der Waals surface area (Å²) >= 11 is 0. The highest BCUT2D eigenvalue weighted by atomic mass is 19.1. The van der Waals surface area contributed by atoms with Crippen LogP contribution in [0.15, 0.2) is 35.3 Å². The summed E-state index contributed by atoms with van der Waals surface area (Å²) < 4.78 is 39.8. The fourth-order valence-electron chi connectivity index (χ4n) is 2.27. The van der Waals surface area contributed by atoms with Gasteiger partial charge in [0.25, 0.3) is 0 Å². The van der Waals surface area contributed by atoms with E-state index in [1.165, 1.54) is 6.21 Å². The van der Waals surface area contributed by atoms with Crippen molar-refractivity contribution in [2.75, 3.05) is 11.9 Å². The van der Waals surface area contributed by atoms with Gasteiger partial charge in [0.05, 0.1) is 0 Å². The molecule has 0 aromatic heterocycles. The standard InChI is InChI=1S/C15H11F3N2/c16-11-6-12(17)15(13(18)7-11)20-8-10-3-1-2-9-4-5-19-14(9)10/h1-3,6-8,19H,4-5H2. The number of benzene rings is 2. The zero-order chi connectivity index (χ0) is 14.1. The first-order valence-electron chi connectivity index (χ1n) is 6.19. The van der Waals surface area contributed by atoms with Crippen LogP contribution in [0.25, 0.3) is 0 Å². The highest BCUT2D eigenvalue weighted by Gasteiger charge is 2.13. The fourth-order valence-corrected chi connectivity index (χ4v) is 2.27. The molecule has 0 radical (unpaired) electrons. The highest BCUT2D eigenvalue weighted by Crippen LogP contribution is 2.27. The first-order valence-corrected chi connectivity index (χ1v) is 6.19. The summed E-state index contributed by atoms with van der Waals surface area (Å²) in [6.45, 7) is 0.833. The minimum Gasteiger partial charge on any atom is -0.384 e. The Bertz CT molecular complexity index is 673. The van der Waals surface area contributed by atoms with Gasteiger partial charge in [0.1, 0.15) is 11.5 Å². The van der Waals surface area contributed by atoms with Gasteiger partial charge in [-0.05, 0) is 12.0 Å². The number of fused-ring (bicyclic) bond motifs is 1. The normalized spacial score (nSPS) is 13.6. The molecule has 1 aliphatic rings. The number of rotatable bonds is 2. The van der Waals surface area contributed by atoms with Crippen molar-refractivity contribution in [3.63, 3.8) is 0 Å². The predicted octanol–water partition coefficient (Wildman–Crippen LogP) is 3.82. The Morgan fingerprint density at radius 1 is 1.10 bits per heavy atom. The molecule has 2 nitrogen and oxygen atoms in total. The first kappa shape index (κ1) is 12.7. The molecule has 2 aromatic rings. The summed E-state index contributed by atoms with van der Waals surface area (Å²) in [6, 6.07) is 6.89. The number of para-hydroxylation sites is 1. The summed E-state index contributed by atoms with van der Waals surface area (Å²) in [5, 5.41) is 3.20.